The van der Waals surface area contributed by atoms with Crippen molar-refractivity contribution in [3.63, 3.8) is 0 Å². The van der Waals surface area contributed by atoms with Gasteiger partial charge in [-0.3, -0.25) is 4.79 Å². The van der Waals surface area contributed by atoms with Gasteiger partial charge < -0.3 is 9.90 Å². The molecule has 0 spiro atoms. The first-order valence-electron chi connectivity index (χ1n) is 4.37. The van der Waals surface area contributed by atoms with E-state index < -0.39 is 5.97 Å². The Balaban J connectivity index is 0. The lowest BCUT2D eigenvalue weighted by atomic mass is 10.2. The van der Waals surface area contributed by atoms with E-state index in [1.54, 1.807) is 13.8 Å². The fraction of sp³-hybridized carbons (Fsp3) is 0.600. The summed E-state index contributed by atoms with van der Waals surface area (Å²) in [4.78, 5) is 19.3. The Labute approximate surface area is 79.5 Å². The number of carbonyl (C=O) groups is 2. The number of hydrogen-bond donors (Lipinski definition) is 1. The minimum absolute atomic E-state index is 0.231. The van der Waals surface area contributed by atoms with Crippen LogP contribution in [0.25, 0.3) is 0 Å². The first kappa shape index (κ1) is 14.4. The van der Waals surface area contributed by atoms with E-state index in [1.807, 2.05) is 19.1 Å². The van der Waals surface area contributed by atoms with Gasteiger partial charge >= 0.3 is 5.97 Å². The van der Waals surface area contributed by atoms with E-state index in [-0.39, 0.29) is 5.92 Å². The molecule has 0 bridgehead atoms. The van der Waals surface area contributed by atoms with Gasteiger partial charge in [0.2, 0.25) is 0 Å². The highest BCUT2D eigenvalue weighted by atomic mass is 16.4. The van der Waals surface area contributed by atoms with Gasteiger partial charge in [-0.15, -0.1) is 0 Å². The molecule has 0 atom stereocenters. The average Bonchev–Trinajstić information content (AvgIpc) is 2.06. The van der Waals surface area contributed by atoms with Crippen molar-refractivity contribution in [2.75, 3.05) is 0 Å². The number of rotatable bonds is 4. The second kappa shape index (κ2) is 10.9. The van der Waals surface area contributed by atoms with Crippen LogP contribution in [0.15, 0.2) is 12.2 Å². The smallest absolute Gasteiger partial charge is 0.305 e. The Hall–Kier alpha value is -1.12. The summed E-state index contributed by atoms with van der Waals surface area (Å²) in [6.45, 7) is 5.33. The summed E-state index contributed by atoms with van der Waals surface area (Å²) in [5.74, 6) is -0.972. The first-order valence-corrected chi connectivity index (χ1v) is 4.37. The van der Waals surface area contributed by atoms with Gasteiger partial charge in [-0.25, -0.2) is 0 Å². The Bertz CT molecular complexity index is 160. The van der Waals surface area contributed by atoms with Crippen LogP contribution in [0.4, 0.5) is 0 Å². The van der Waals surface area contributed by atoms with E-state index in [0.29, 0.717) is 6.42 Å². The molecular formula is C10H18O3. The summed E-state index contributed by atoms with van der Waals surface area (Å²) in [6.07, 6.45) is 6.33. The molecule has 0 saturated heterocycles. The molecule has 0 aromatic carbocycles. The van der Waals surface area contributed by atoms with Crippen molar-refractivity contribution in [2.24, 2.45) is 5.92 Å². The summed E-state index contributed by atoms with van der Waals surface area (Å²) >= 11 is 0. The van der Waals surface area contributed by atoms with Crippen LogP contribution in [0, 0.1) is 5.92 Å². The van der Waals surface area contributed by atoms with Crippen LogP contribution >= 0.6 is 0 Å². The van der Waals surface area contributed by atoms with Crippen molar-refractivity contribution in [3.05, 3.63) is 12.2 Å². The van der Waals surface area contributed by atoms with Crippen molar-refractivity contribution >= 4 is 12.3 Å². The molecule has 76 valence electrons. The molecule has 0 amide bonds. The van der Waals surface area contributed by atoms with Gasteiger partial charge in [-0.2, -0.15) is 0 Å². The van der Waals surface area contributed by atoms with Crippen molar-refractivity contribution in [2.45, 2.75) is 33.6 Å². The highest BCUT2D eigenvalue weighted by molar-refractivity contribution is 5.68. The quantitative estimate of drug-likeness (QED) is 0.541. The molecule has 0 unspecified atom stereocenters. The minimum atomic E-state index is -0.741. The lowest BCUT2D eigenvalue weighted by Gasteiger charge is -1.89. The maximum absolute atomic E-state index is 9.70. The van der Waals surface area contributed by atoms with Crippen LogP contribution in [0.2, 0.25) is 0 Å². The Morgan fingerprint density at radius 2 is 1.85 bits per heavy atom. The second-order valence-electron chi connectivity index (χ2n) is 2.77. The predicted octanol–water partition coefficient (Wildman–Crippen LogP) is 2.27. The van der Waals surface area contributed by atoms with E-state index in [1.165, 1.54) is 0 Å². The monoisotopic (exact) mass is 186 g/mol. The molecule has 3 heteroatoms. The molecule has 0 aromatic rings. The maximum Gasteiger partial charge on any atom is 0.305 e. The van der Waals surface area contributed by atoms with Crippen molar-refractivity contribution in [3.8, 4) is 0 Å². The first-order chi connectivity index (χ1) is 6.06. The zero-order chi connectivity index (χ0) is 10.7. The van der Waals surface area contributed by atoms with Crippen molar-refractivity contribution < 1.29 is 14.7 Å². The Morgan fingerprint density at radius 1 is 1.38 bits per heavy atom. The van der Waals surface area contributed by atoms with E-state index in [0.717, 1.165) is 12.7 Å². The number of allylic oxidation sites excluding steroid dienone is 2. The largest absolute Gasteiger partial charge is 0.481 e. The third-order valence-corrected chi connectivity index (χ3v) is 1.13. The lowest BCUT2D eigenvalue weighted by Crippen LogP contribution is -2.03. The highest BCUT2D eigenvalue weighted by Crippen LogP contribution is 1.87. The van der Waals surface area contributed by atoms with Crippen LogP contribution < -0.4 is 0 Å². The number of carboxylic acid groups (broad SMARTS) is 1. The third kappa shape index (κ3) is 18.1. The fourth-order valence-corrected chi connectivity index (χ4v) is 0.318. The minimum Gasteiger partial charge on any atom is -0.481 e. The number of carbonyl (C=O) groups excluding carboxylic acids is 1. The lowest BCUT2D eigenvalue weighted by molar-refractivity contribution is -0.140. The molecule has 0 fully saturated rings. The normalized spacial score (nSPS) is 9.54. The van der Waals surface area contributed by atoms with Crippen LogP contribution in [-0.2, 0) is 9.59 Å². The third-order valence-electron chi connectivity index (χ3n) is 1.13. The molecule has 0 saturated carbocycles. The van der Waals surface area contributed by atoms with Gasteiger partial charge in [0.05, 0.1) is 5.92 Å². The van der Waals surface area contributed by atoms with E-state index in [4.69, 9.17) is 5.11 Å². The van der Waals surface area contributed by atoms with Crippen LogP contribution in [-0.4, -0.2) is 17.4 Å². The van der Waals surface area contributed by atoms with Gasteiger partial charge in [0.1, 0.15) is 6.29 Å². The second-order valence-corrected chi connectivity index (χ2v) is 2.77. The Kier molecular flexibility index (Phi) is 12.1. The number of hydrogen-bond acceptors (Lipinski definition) is 2. The fourth-order valence-electron chi connectivity index (χ4n) is 0.318. The molecule has 0 rings (SSSR count). The molecule has 13 heavy (non-hydrogen) atoms. The van der Waals surface area contributed by atoms with Gasteiger partial charge in [0.15, 0.2) is 0 Å². The summed E-state index contributed by atoms with van der Waals surface area (Å²) < 4.78 is 0. The van der Waals surface area contributed by atoms with Gasteiger partial charge in [0.25, 0.3) is 0 Å². The molecular weight excluding hydrogens is 168 g/mol. The molecule has 0 heterocycles. The van der Waals surface area contributed by atoms with E-state index >= 15 is 0 Å². The summed E-state index contributed by atoms with van der Waals surface area (Å²) in [5, 5.41) is 7.99. The molecule has 0 aliphatic carbocycles. The summed E-state index contributed by atoms with van der Waals surface area (Å²) in [5.41, 5.74) is 0. The van der Waals surface area contributed by atoms with Crippen LogP contribution in [0.5, 0.6) is 0 Å². The number of aliphatic carboxylic acids is 1. The standard InChI is InChI=1S/C6H10O.C4H8O2/c1-2-3-4-5-6-7;1-3(2)4(5)6/h3-4,6H,2,5H2,1H3;3H,1-2H3,(H,5,6)/b4-3-;. The van der Waals surface area contributed by atoms with Crippen LogP contribution in [0.3, 0.4) is 0 Å². The maximum atomic E-state index is 9.70. The summed E-state index contributed by atoms with van der Waals surface area (Å²) in [6, 6.07) is 0. The SMILES string of the molecule is CC(C)C(=O)O.CC/C=C\CC=O. The molecule has 3 nitrogen and oxygen atoms in total. The van der Waals surface area contributed by atoms with Crippen molar-refractivity contribution in [1.82, 2.24) is 0 Å². The molecule has 0 aromatic heterocycles. The van der Waals surface area contributed by atoms with E-state index in [9.17, 15) is 9.59 Å². The molecule has 1 N–H and O–H groups in total. The van der Waals surface area contributed by atoms with Crippen molar-refractivity contribution in [1.29, 1.82) is 0 Å². The summed E-state index contributed by atoms with van der Waals surface area (Å²) in [7, 11) is 0. The molecule has 0 aliphatic rings. The average molecular weight is 186 g/mol. The number of carboxylic acids is 1. The number of aldehydes is 1. The topological polar surface area (TPSA) is 54.4 Å². The Morgan fingerprint density at radius 3 is 2.08 bits per heavy atom. The zero-order valence-corrected chi connectivity index (χ0v) is 8.49. The zero-order valence-electron chi connectivity index (χ0n) is 8.49. The van der Waals surface area contributed by atoms with Gasteiger partial charge in [-0.05, 0) is 6.42 Å². The molecule has 0 radical (unpaired) electrons. The van der Waals surface area contributed by atoms with Crippen LogP contribution in [0.1, 0.15) is 33.6 Å². The predicted molar refractivity (Wildman–Crippen MR) is 52.6 cm³/mol. The molecule has 0 aliphatic heterocycles. The van der Waals surface area contributed by atoms with E-state index in [2.05, 4.69) is 0 Å². The van der Waals surface area contributed by atoms with Gasteiger partial charge in [-0.1, -0.05) is 32.9 Å². The van der Waals surface area contributed by atoms with Gasteiger partial charge in [0, 0.05) is 6.42 Å². The highest BCUT2D eigenvalue weighted by Gasteiger charge is 1.99.